The summed E-state index contributed by atoms with van der Waals surface area (Å²) in [5.41, 5.74) is 0.571. The van der Waals surface area contributed by atoms with Crippen molar-refractivity contribution in [2.24, 2.45) is 0 Å². The predicted octanol–water partition coefficient (Wildman–Crippen LogP) is 7.88. The molecule has 1 amide bonds. The summed E-state index contributed by atoms with van der Waals surface area (Å²) in [6.07, 6.45) is -5.01. The minimum absolute atomic E-state index is 0.0307. The number of ether oxygens (including phenoxy) is 2. The van der Waals surface area contributed by atoms with Gasteiger partial charge in [-0.2, -0.15) is 13.2 Å². The molecule has 4 aromatic rings. The van der Waals surface area contributed by atoms with Crippen LogP contribution < -0.4 is 20.2 Å². The Morgan fingerprint density at radius 1 is 1.00 bits per heavy atom. The molecule has 204 valence electrons. The van der Waals surface area contributed by atoms with Crippen LogP contribution in [0.3, 0.4) is 0 Å². The Labute approximate surface area is 227 Å². The first-order valence-corrected chi connectivity index (χ1v) is 12.3. The lowest BCUT2D eigenvalue weighted by atomic mass is 9.87. The number of fused-ring (bicyclic) bond motifs is 1. The molecular formula is C29H25ClF3NO5. The molecule has 0 bridgehead atoms. The van der Waals surface area contributed by atoms with Gasteiger partial charge < -0.3 is 19.2 Å². The number of carbonyl (C=O) groups excluding carboxylic acids is 1. The molecule has 6 nitrogen and oxygen atoms in total. The number of rotatable bonds is 6. The first-order valence-electron chi connectivity index (χ1n) is 11.9. The van der Waals surface area contributed by atoms with Crippen LogP contribution in [0.2, 0.25) is 5.02 Å². The van der Waals surface area contributed by atoms with Gasteiger partial charge in [0.15, 0.2) is 6.61 Å². The van der Waals surface area contributed by atoms with E-state index in [1.165, 1.54) is 24.3 Å². The molecule has 0 unspecified atom stereocenters. The fraction of sp³-hybridized carbons (Fsp3) is 0.241. The molecule has 3 aromatic carbocycles. The smallest absolute Gasteiger partial charge is 0.453 e. The van der Waals surface area contributed by atoms with Crippen LogP contribution in [0.15, 0.2) is 69.9 Å². The average Bonchev–Trinajstić information content (AvgIpc) is 2.86. The third kappa shape index (κ3) is 6.37. The number of nitrogens with one attached hydrogen (secondary N) is 1. The lowest BCUT2D eigenvalue weighted by Crippen LogP contribution is -2.20. The minimum Gasteiger partial charge on any atom is -0.484 e. The van der Waals surface area contributed by atoms with Crippen LogP contribution in [0.5, 0.6) is 17.2 Å². The summed E-state index contributed by atoms with van der Waals surface area (Å²) >= 11 is 6.05. The van der Waals surface area contributed by atoms with Crippen LogP contribution in [0, 0.1) is 6.92 Å². The van der Waals surface area contributed by atoms with E-state index in [1.807, 2.05) is 20.8 Å². The highest BCUT2D eigenvalue weighted by atomic mass is 35.5. The van der Waals surface area contributed by atoms with Crippen molar-refractivity contribution in [2.45, 2.75) is 39.3 Å². The van der Waals surface area contributed by atoms with Gasteiger partial charge in [-0.25, -0.2) is 0 Å². The molecule has 0 atom stereocenters. The number of carbonyl (C=O) groups is 1. The van der Waals surface area contributed by atoms with Crippen molar-refractivity contribution in [1.82, 2.24) is 0 Å². The van der Waals surface area contributed by atoms with Crippen LogP contribution in [0.4, 0.5) is 18.9 Å². The molecule has 0 spiro atoms. The van der Waals surface area contributed by atoms with E-state index in [2.05, 4.69) is 5.32 Å². The first kappa shape index (κ1) is 28.0. The summed E-state index contributed by atoms with van der Waals surface area (Å²) in [5, 5.41) is 2.98. The highest BCUT2D eigenvalue weighted by Gasteiger charge is 2.40. The summed E-state index contributed by atoms with van der Waals surface area (Å²) in [7, 11) is 0. The average molecular weight is 560 g/mol. The number of amides is 1. The van der Waals surface area contributed by atoms with Gasteiger partial charge >= 0.3 is 6.18 Å². The maximum Gasteiger partial charge on any atom is 0.453 e. The summed E-state index contributed by atoms with van der Waals surface area (Å²) in [4.78, 5) is 25.4. The molecule has 1 N–H and O–H groups in total. The molecule has 0 aliphatic rings. The monoisotopic (exact) mass is 559 g/mol. The van der Waals surface area contributed by atoms with Gasteiger partial charge in [0, 0.05) is 16.8 Å². The standard InChI is InChI=1S/C29H25ClF3NO5/c1-16-21(30)6-5-7-22(16)34-24(35)15-37-19-12-13-20-23(14-19)39-27(29(31,32)33)26(25(20)36)38-18-10-8-17(9-11-18)28(2,3)4/h5-14H,15H2,1-4H3,(H,34,35). The van der Waals surface area contributed by atoms with E-state index in [-0.39, 0.29) is 27.9 Å². The molecule has 4 rings (SSSR count). The Hall–Kier alpha value is -3.98. The van der Waals surface area contributed by atoms with Crippen molar-refractivity contribution in [3.63, 3.8) is 0 Å². The fourth-order valence-electron chi connectivity index (χ4n) is 3.74. The Morgan fingerprint density at radius 2 is 1.67 bits per heavy atom. The second-order valence-corrected chi connectivity index (χ2v) is 10.3. The predicted molar refractivity (Wildman–Crippen MR) is 143 cm³/mol. The molecule has 1 heterocycles. The van der Waals surface area contributed by atoms with Crippen molar-refractivity contribution in [2.75, 3.05) is 11.9 Å². The molecule has 0 aliphatic carbocycles. The highest BCUT2D eigenvalue weighted by molar-refractivity contribution is 6.31. The molecule has 0 saturated carbocycles. The van der Waals surface area contributed by atoms with Crippen molar-refractivity contribution < 1.29 is 31.9 Å². The maximum absolute atomic E-state index is 13.9. The number of hydrogen-bond donors (Lipinski definition) is 1. The van der Waals surface area contributed by atoms with Gasteiger partial charge in [-0.15, -0.1) is 0 Å². The van der Waals surface area contributed by atoms with E-state index < -0.39 is 35.6 Å². The Balaban J connectivity index is 1.60. The van der Waals surface area contributed by atoms with Gasteiger partial charge in [0.05, 0.1) is 5.39 Å². The van der Waals surface area contributed by atoms with Gasteiger partial charge in [-0.05, 0) is 59.9 Å². The van der Waals surface area contributed by atoms with Crippen molar-refractivity contribution in [1.29, 1.82) is 0 Å². The topological polar surface area (TPSA) is 77.8 Å². The summed E-state index contributed by atoms with van der Waals surface area (Å²) < 4.78 is 57.6. The Bertz CT molecular complexity index is 1590. The number of alkyl halides is 3. The summed E-state index contributed by atoms with van der Waals surface area (Å²) in [6, 6.07) is 15.2. The van der Waals surface area contributed by atoms with E-state index in [0.717, 1.165) is 11.6 Å². The fourth-order valence-corrected chi connectivity index (χ4v) is 3.92. The van der Waals surface area contributed by atoms with Gasteiger partial charge in [0.1, 0.15) is 17.1 Å². The Kier molecular flexibility index (Phi) is 7.66. The minimum atomic E-state index is -5.01. The normalized spacial score (nSPS) is 11.9. The van der Waals surface area contributed by atoms with E-state index in [1.54, 1.807) is 37.3 Å². The molecule has 10 heteroatoms. The number of benzene rings is 3. The molecule has 1 aromatic heterocycles. The Morgan fingerprint density at radius 3 is 2.31 bits per heavy atom. The zero-order valence-corrected chi connectivity index (χ0v) is 22.3. The summed E-state index contributed by atoms with van der Waals surface area (Å²) in [6.45, 7) is 7.27. The van der Waals surface area contributed by atoms with Crippen LogP contribution in [-0.2, 0) is 16.4 Å². The second kappa shape index (κ2) is 10.6. The quantitative estimate of drug-likeness (QED) is 0.260. The highest BCUT2D eigenvalue weighted by Crippen LogP contribution is 2.39. The molecule has 39 heavy (non-hydrogen) atoms. The second-order valence-electron chi connectivity index (χ2n) is 9.87. The van der Waals surface area contributed by atoms with Crippen LogP contribution >= 0.6 is 11.6 Å². The molecular weight excluding hydrogens is 535 g/mol. The van der Waals surface area contributed by atoms with Crippen LogP contribution in [0.1, 0.15) is 37.7 Å². The lowest BCUT2D eigenvalue weighted by molar-refractivity contribution is -0.154. The first-order chi connectivity index (χ1) is 18.2. The largest absolute Gasteiger partial charge is 0.484 e. The molecule has 0 fully saturated rings. The van der Waals surface area contributed by atoms with Gasteiger partial charge in [0.2, 0.25) is 11.2 Å². The van der Waals surface area contributed by atoms with Crippen LogP contribution in [-0.4, -0.2) is 12.5 Å². The van der Waals surface area contributed by atoms with Gasteiger partial charge in [0.25, 0.3) is 11.7 Å². The van der Waals surface area contributed by atoms with E-state index >= 15 is 0 Å². The van der Waals surface area contributed by atoms with Gasteiger partial charge in [-0.1, -0.05) is 50.6 Å². The third-order valence-electron chi connectivity index (χ3n) is 5.93. The number of anilines is 1. The lowest BCUT2D eigenvalue weighted by Gasteiger charge is -2.19. The van der Waals surface area contributed by atoms with Crippen molar-refractivity contribution in [3.05, 3.63) is 92.8 Å². The van der Waals surface area contributed by atoms with E-state index in [9.17, 15) is 22.8 Å². The zero-order chi connectivity index (χ0) is 28.5. The zero-order valence-electron chi connectivity index (χ0n) is 21.5. The summed E-state index contributed by atoms with van der Waals surface area (Å²) in [5.74, 6) is -2.97. The number of hydrogen-bond acceptors (Lipinski definition) is 5. The third-order valence-corrected chi connectivity index (χ3v) is 6.34. The van der Waals surface area contributed by atoms with E-state index in [0.29, 0.717) is 16.3 Å². The molecule has 0 radical (unpaired) electrons. The van der Waals surface area contributed by atoms with E-state index in [4.69, 9.17) is 25.5 Å². The van der Waals surface area contributed by atoms with Gasteiger partial charge in [-0.3, -0.25) is 9.59 Å². The van der Waals surface area contributed by atoms with Crippen molar-refractivity contribution in [3.8, 4) is 17.2 Å². The maximum atomic E-state index is 13.9. The van der Waals surface area contributed by atoms with Crippen molar-refractivity contribution >= 4 is 34.2 Å². The SMILES string of the molecule is Cc1c(Cl)cccc1NC(=O)COc1ccc2c(=O)c(Oc3ccc(C(C)(C)C)cc3)c(C(F)(F)F)oc2c1. The van der Waals surface area contributed by atoms with Crippen LogP contribution in [0.25, 0.3) is 11.0 Å². The molecule has 0 aliphatic heterocycles. The molecule has 0 saturated heterocycles. The number of halogens is 4.